The maximum Gasteiger partial charge on any atom is 0.251 e. The Labute approximate surface area is 109 Å². The maximum absolute atomic E-state index is 11.8. The molecule has 0 heterocycles. The van der Waals surface area contributed by atoms with E-state index in [0.29, 0.717) is 6.54 Å². The lowest BCUT2D eigenvalue weighted by atomic mass is 10.1. The standard InChI is InChI=1S/C15H21NO2/c1-12-3-7-14(8-4-12)15(17)16-9-2-10-18-11-13-5-6-13/h3-4,7-8,13H,2,5-6,9-11H2,1H3,(H,16,17). The van der Waals surface area contributed by atoms with Crippen LogP contribution in [0.25, 0.3) is 0 Å². The smallest absolute Gasteiger partial charge is 0.251 e. The molecule has 98 valence electrons. The summed E-state index contributed by atoms with van der Waals surface area (Å²) in [6.45, 7) is 4.33. The molecule has 2 rings (SSSR count). The number of carbonyl (C=O) groups is 1. The van der Waals surface area contributed by atoms with Crippen LogP contribution in [0.2, 0.25) is 0 Å². The van der Waals surface area contributed by atoms with Crippen LogP contribution in [-0.4, -0.2) is 25.7 Å². The van der Waals surface area contributed by atoms with Crippen LogP contribution in [0, 0.1) is 12.8 Å². The first kappa shape index (κ1) is 13.1. The van der Waals surface area contributed by atoms with E-state index in [1.165, 1.54) is 18.4 Å². The molecule has 0 aliphatic heterocycles. The fraction of sp³-hybridized carbons (Fsp3) is 0.533. The van der Waals surface area contributed by atoms with Crippen LogP contribution in [0.15, 0.2) is 24.3 Å². The van der Waals surface area contributed by atoms with Crippen molar-refractivity contribution in [1.29, 1.82) is 0 Å². The lowest BCUT2D eigenvalue weighted by molar-refractivity contribution is 0.0937. The van der Waals surface area contributed by atoms with Gasteiger partial charge in [-0.3, -0.25) is 4.79 Å². The molecule has 0 spiro atoms. The predicted molar refractivity (Wildman–Crippen MR) is 71.7 cm³/mol. The third-order valence-electron chi connectivity index (χ3n) is 3.12. The summed E-state index contributed by atoms with van der Waals surface area (Å²) in [4.78, 5) is 11.8. The van der Waals surface area contributed by atoms with Gasteiger partial charge in [-0.1, -0.05) is 17.7 Å². The number of rotatable bonds is 7. The summed E-state index contributed by atoms with van der Waals surface area (Å²) in [5.74, 6) is 0.810. The average molecular weight is 247 g/mol. The fourth-order valence-electron chi connectivity index (χ4n) is 1.72. The van der Waals surface area contributed by atoms with Crippen LogP contribution >= 0.6 is 0 Å². The van der Waals surface area contributed by atoms with Gasteiger partial charge in [-0.05, 0) is 44.2 Å². The average Bonchev–Trinajstić information content (AvgIpc) is 3.18. The van der Waals surface area contributed by atoms with Crippen molar-refractivity contribution in [2.45, 2.75) is 26.2 Å². The van der Waals surface area contributed by atoms with Gasteiger partial charge in [-0.25, -0.2) is 0 Å². The van der Waals surface area contributed by atoms with Crippen LogP contribution in [-0.2, 0) is 4.74 Å². The Bertz CT molecular complexity index is 382. The molecule has 3 heteroatoms. The molecule has 0 radical (unpaired) electrons. The van der Waals surface area contributed by atoms with Crippen LogP contribution in [0.1, 0.15) is 35.2 Å². The molecule has 0 atom stereocenters. The van der Waals surface area contributed by atoms with Gasteiger partial charge in [0.1, 0.15) is 0 Å². The molecule has 1 N–H and O–H groups in total. The largest absolute Gasteiger partial charge is 0.381 e. The normalized spacial score (nSPS) is 14.5. The van der Waals surface area contributed by atoms with Gasteiger partial charge >= 0.3 is 0 Å². The third kappa shape index (κ3) is 4.49. The summed E-state index contributed by atoms with van der Waals surface area (Å²) in [6.07, 6.45) is 3.53. The van der Waals surface area contributed by atoms with Crippen molar-refractivity contribution in [1.82, 2.24) is 5.32 Å². The van der Waals surface area contributed by atoms with E-state index >= 15 is 0 Å². The zero-order valence-corrected chi connectivity index (χ0v) is 10.9. The zero-order chi connectivity index (χ0) is 12.8. The number of nitrogens with one attached hydrogen (secondary N) is 1. The van der Waals surface area contributed by atoms with Crippen LogP contribution < -0.4 is 5.32 Å². The number of amides is 1. The Morgan fingerprint density at radius 2 is 2.06 bits per heavy atom. The fourth-order valence-corrected chi connectivity index (χ4v) is 1.72. The molecule has 18 heavy (non-hydrogen) atoms. The topological polar surface area (TPSA) is 38.3 Å². The van der Waals surface area contributed by atoms with Crippen molar-refractivity contribution in [3.63, 3.8) is 0 Å². The van der Waals surface area contributed by atoms with E-state index in [2.05, 4.69) is 5.32 Å². The monoisotopic (exact) mass is 247 g/mol. The van der Waals surface area contributed by atoms with E-state index in [1.54, 1.807) is 0 Å². The summed E-state index contributed by atoms with van der Waals surface area (Å²) in [6, 6.07) is 7.61. The molecular formula is C15H21NO2. The summed E-state index contributed by atoms with van der Waals surface area (Å²) < 4.78 is 5.51. The second kappa shape index (κ2) is 6.55. The lowest BCUT2D eigenvalue weighted by Gasteiger charge is -2.06. The van der Waals surface area contributed by atoms with Crippen molar-refractivity contribution >= 4 is 5.91 Å². The first-order valence-electron chi connectivity index (χ1n) is 6.68. The highest BCUT2D eigenvalue weighted by molar-refractivity contribution is 5.94. The van der Waals surface area contributed by atoms with Gasteiger partial charge in [0.15, 0.2) is 0 Å². The molecule has 3 nitrogen and oxygen atoms in total. The molecule has 0 aromatic heterocycles. The van der Waals surface area contributed by atoms with E-state index in [4.69, 9.17) is 4.74 Å². The molecule has 1 aliphatic carbocycles. The highest BCUT2D eigenvalue weighted by Gasteiger charge is 2.20. The lowest BCUT2D eigenvalue weighted by Crippen LogP contribution is -2.25. The van der Waals surface area contributed by atoms with Crippen LogP contribution in [0.4, 0.5) is 0 Å². The van der Waals surface area contributed by atoms with Crippen molar-refractivity contribution in [3.05, 3.63) is 35.4 Å². The SMILES string of the molecule is Cc1ccc(C(=O)NCCCOCC2CC2)cc1. The van der Waals surface area contributed by atoms with E-state index in [-0.39, 0.29) is 5.91 Å². The summed E-state index contributed by atoms with van der Waals surface area (Å²) >= 11 is 0. The number of ether oxygens (including phenoxy) is 1. The number of carbonyl (C=O) groups excluding carboxylic acids is 1. The first-order chi connectivity index (χ1) is 8.75. The molecule has 1 aromatic carbocycles. The van der Waals surface area contributed by atoms with Crippen LogP contribution in [0.3, 0.4) is 0 Å². The van der Waals surface area contributed by atoms with E-state index in [0.717, 1.165) is 31.1 Å². The molecule has 1 aliphatic rings. The van der Waals surface area contributed by atoms with Crippen molar-refractivity contribution in [3.8, 4) is 0 Å². The Morgan fingerprint density at radius 1 is 1.33 bits per heavy atom. The van der Waals surface area contributed by atoms with Crippen LogP contribution in [0.5, 0.6) is 0 Å². The number of hydrogen-bond acceptors (Lipinski definition) is 2. The third-order valence-corrected chi connectivity index (χ3v) is 3.12. The van der Waals surface area contributed by atoms with Gasteiger partial charge in [0.2, 0.25) is 0 Å². The molecular weight excluding hydrogens is 226 g/mol. The molecule has 0 saturated heterocycles. The molecule has 1 aromatic rings. The summed E-state index contributed by atoms with van der Waals surface area (Å²) in [7, 11) is 0. The Morgan fingerprint density at radius 3 is 2.72 bits per heavy atom. The van der Waals surface area contributed by atoms with Crippen molar-refractivity contribution in [2.75, 3.05) is 19.8 Å². The van der Waals surface area contributed by atoms with Gasteiger partial charge < -0.3 is 10.1 Å². The molecule has 1 amide bonds. The number of hydrogen-bond donors (Lipinski definition) is 1. The molecule has 1 fully saturated rings. The predicted octanol–water partition coefficient (Wildman–Crippen LogP) is 2.54. The van der Waals surface area contributed by atoms with Gasteiger partial charge in [-0.15, -0.1) is 0 Å². The minimum Gasteiger partial charge on any atom is -0.381 e. The summed E-state index contributed by atoms with van der Waals surface area (Å²) in [5, 5.41) is 2.90. The second-order valence-electron chi connectivity index (χ2n) is 4.99. The number of benzene rings is 1. The van der Waals surface area contributed by atoms with Gasteiger partial charge in [0, 0.05) is 25.3 Å². The molecule has 1 saturated carbocycles. The summed E-state index contributed by atoms with van der Waals surface area (Å²) in [5.41, 5.74) is 1.89. The maximum atomic E-state index is 11.8. The molecule has 0 bridgehead atoms. The van der Waals surface area contributed by atoms with Gasteiger partial charge in [0.05, 0.1) is 0 Å². The number of aryl methyl sites for hydroxylation is 1. The van der Waals surface area contributed by atoms with E-state index in [1.807, 2.05) is 31.2 Å². The highest BCUT2D eigenvalue weighted by Crippen LogP contribution is 2.28. The zero-order valence-electron chi connectivity index (χ0n) is 10.9. The van der Waals surface area contributed by atoms with Gasteiger partial charge in [0.25, 0.3) is 5.91 Å². The van der Waals surface area contributed by atoms with Gasteiger partial charge in [-0.2, -0.15) is 0 Å². The van der Waals surface area contributed by atoms with E-state index < -0.39 is 0 Å². The Kier molecular flexibility index (Phi) is 4.76. The van der Waals surface area contributed by atoms with Crippen molar-refractivity contribution in [2.24, 2.45) is 5.92 Å². The minimum atomic E-state index is -0.00260. The quantitative estimate of drug-likeness (QED) is 0.752. The second-order valence-corrected chi connectivity index (χ2v) is 4.99. The first-order valence-corrected chi connectivity index (χ1v) is 6.68. The molecule has 0 unspecified atom stereocenters. The minimum absolute atomic E-state index is 0.00260. The highest BCUT2D eigenvalue weighted by atomic mass is 16.5. The Hall–Kier alpha value is -1.35. The Balaban J connectivity index is 1.57. The van der Waals surface area contributed by atoms with Crippen molar-refractivity contribution < 1.29 is 9.53 Å². The van der Waals surface area contributed by atoms with E-state index in [9.17, 15) is 4.79 Å².